The Morgan fingerprint density at radius 2 is 1.89 bits per heavy atom. The van der Waals surface area contributed by atoms with Gasteiger partial charge in [0.2, 0.25) is 11.8 Å². The van der Waals surface area contributed by atoms with Gasteiger partial charge in [-0.2, -0.15) is 0 Å². The van der Waals surface area contributed by atoms with Crippen LogP contribution in [0.25, 0.3) is 0 Å². The molecule has 1 aliphatic heterocycles. The van der Waals surface area contributed by atoms with Crippen molar-refractivity contribution in [2.75, 3.05) is 26.8 Å². The summed E-state index contributed by atoms with van der Waals surface area (Å²) in [5.74, 6) is -0.387. The summed E-state index contributed by atoms with van der Waals surface area (Å²) in [6.45, 7) is 3.40. The molecule has 7 heteroatoms. The van der Waals surface area contributed by atoms with Crippen molar-refractivity contribution in [2.45, 2.75) is 38.3 Å². The minimum absolute atomic E-state index is 0. The number of likely N-dealkylation sites (tertiary alicyclic amines) is 1. The summed E-state index contributed by atoms with van der Waals surface area (Å²) in [5, 5.41) is 2.63. The zero-order valence-corrected chi connectivity index (χ0v) is 12.4. The molecule has 2 amide bonds. The highest BCUT2D eigenvalue weighted by Gasteiger charge is 2.24. The highest BCUT2D eigenvalue weighted by molar-refractivity contribution is 5.89. The first-order valence-corrected chi connectivity index (χ1v) is 6.40. The number of nitrogens with zero attached hydrogens (tertiary/aromatic N) is 1. The van der Waals surface area contributed by atoms with Crippen LogP contribution in [0.5, 0.6) is 0 Å². The summed E-state index contributed by atoms with van der Waals surface area (Å²) in [6, 6.07) is -1.26. The van der Waals surface area contributed by atoms with E-state index in [9.17, 15) is 9.59 Å². The average molecular weight is 294 g/mol. The molecule has 19 heavy (non-hydrogen) atoms. The number of hydrogen-bond donors (Lipinski definition) is 2. The minimum atomic E-state index is -0.730. The van der Waals surface area contributed by atoms with Crippen LogP contribution >= 0.6 is 12.4 Å². The van der Waals surface area contributed by atoms with Crippen LogP contribution in [-0.4, -0.2) is 55.6 Å². The number of carbonyl (C=O) groups is 2. The van der Waals surface area contributed by atoms with E-state index < -0.39 is 12.1 Å². The first kappa shape index (κ1) is 18.1. The number of rotatable bonds is 5. The first-order valence-electron chi connectivity index (χ1n) is 6.40. The lowest BCUT2D eigenvalue weighted by Crippen LogP contribution is -2.53. The first-order chi connectivity index (χ1) is 8.56. The third-order valence-electron chi connectivity index (χ3n) is 3.08. The van der Waals surface area contributed by atoms with Crippen molar-refractivity contribution in [1.29, 1.82) is 0 Å². The smallest absolute Gasteiger partial charge is 0.244 e. The van der Waals surface area contributed by atoms with E-state index in [-0.39, 0.29) is 30.8 Å². The van der Waals surface area contributed by atoms with Crippen LogP contribution in [0.15, 0.2) is 0 Å². The van der Waals surface area contributed by atoms with Gasteiger partial charge in [-0.25, -0.2) is 0 Å². The van der Waals surface area contributed by atoms with Crippen molar-refractivity contribution in [3.63, 3.8) is 0 Å². The lowest BCUT2D eigenvalue weighted by Gasteiger charge is -2.29. The minimum Gasteiger partial charge on any atom is -0.383 e. The van der Waals surface area contributed by atoms with Crippen LogP contribution in [0.3, 0.4) is 0 Å². The van der Waals surface area contributed by atoms with Crippen molar-refractivity contribution >= 4 is 24.2 Å². The van der Waals surface area contributed by atoms with Gasteiger partial charge in [-0.3, -0.25) is 9.59 Å². The zero-order chi connectivity index (χ0) is 13.5. The molecule has 0 aromatic carbocycles. The van der Waals surface area contributed by atoms with E-state index >= 15 is 0 Å². The summed E-state index contributed by atoms with van der Waals surface area (Å²) in [6.07, 6.45) is 3.24. The maximum Gasteiger partial charge on any atom is 0.244 e. The van der Waals surface area contributed by atoms with E-state index in [1.165, 1.54) is 13.5 Å². The fourth-order valence-corrected chi connectivity index (χ4v) is 2.03. The van der Waals surface area contributed by atoms with Crippen molar-refractivity contribution in [2.24, 2.45) is 5.73 Å². The summed E-state index contributed by atoms with van der Waals surface area (Å²) < 4.78 is 4.80. The number of ether oxygens (including phenoxy) is 1. The largest absolute Gasteiger partial charge is 0.383 e. The Bertz CT molecular complexity index is 296. The quantitative estimate of drug-likeness (QED) is 0.741. The van der Waals surface area contributed by atoms with Gasteiger partial charge >= 0.3 is 0 Å². The second-order valence-corrected chi connectivity index (χ2v) is 4.68. The zero-order valence-electron chi connectivity index (χ0n) is 11.6. The standard InChI is InChI=1S/C12H23N3O3.ClH/c1-9(14-11(16)10(13)8-18-2)12(17)15-6-4-3-5-7-15;/h9-10H,3-8,13H2,1-2H3,(H,14,16);1H. The normalized spacial score (nSPS) is 18.2. The molecule has 6 nitrogen and oxygen atoms in total. The maximum absolute atomic E-state index is 12.1. The van der Waals surface area contributed by atoms with Crippen molar-refractivity contribution in [3.05, 3.63) is 0 Å². The molecule has 0 aliphatic carbocycles. The molecule has 3 N–H and O–H groups in total. The molecule has 0 bridgehead atoms. The molecule has 1 rings (SSSR count). The summed E-state index contributed by atoms with van der Waals surface area (Å²) in [7, 11) is 1.48. The predicted molar refractivity (Wildman–Crippen MR) is 75.1 cm³/mol. The molecule has 0 saturated carbocycles. The molecule has 0 aromatic heterocycles. The predicted octanol–water partition coefficient (Wildman–Crippen LogP) is -0.101. The SMILES string of the molecule is COCC(N)C(=O)NC(C)C(=O)N1CCCCC1.Cl. The van der Waals surface area contributed by atoms with Gasteiger partial charge in [-0.1, -0.05) is 0 Å². The Hall–Kier alpha value is -0.850. The Morgan fingerprint density at radius 1 is 1.32 bits per heavy atom. The third kappa shape index (κ3) is 5.76. The van der Waals surface area contributed by atoms with Crippen LogP contribution in [0, 0.1) is 0 Å². The van der Waals surface area contributed by atoms with Gasteiger partial charge in [0, 0.05) is 20.2 Å². The number of methoxy groups -OCH3 is 1. The molecule has 0 radical (unpaired) electrons. The molecule has 2 unspecified atom stereocenters. The monoisotopic (exact) mass is 293 g/mol. The number of nitrogens with one attached hydrogen (secondary N) is 1. The molecule has 1 aliphatic rings. The van der Waals surface area contributed by atoms with E-state index in [2.05, 4.69) is 5.32 Å². The number of hydrogen-bond acceptors (Lipinski definition) is 4. The Balaban J connectivity index is 0.00000324. The molecule has 2 atom stereocenters. The molecular formula is C12H24ClN3O3. The van der Waals surface area contributed by atoms with Gasteiger partial charge in [0.1, 0.15) is 12.1 Å². The summed E-state index contributed by atoms with van der Waals surface area (Å²) >= 11 is 0. The van der Waals surface area contributed by atoms with Crippen LogP contribution in [0.1, 0.15) is 26.2 Å². The van der Waals surface area contributed by atoms with Gasteiger partial charge < -0.3 is 20.7 Å². The highest BCUT2D eigenvalue weighted by atomic mass is 35.5. The topological polar surface area (TPSA) is 84.7 Å². The number of nitrogens with two attached hydrogens (primary N) is 1. The molecule has 0 spiro atoms. The van der Waals surface area contributed by atoms with Gasteiger partial charge in [0.25, 0.3) is 0 Å². The third-order valence-corrected chi connectivity index (χ3v) is 3.08. The van der Waals surface area contributed by atoms with Crippen molar-refractivity contribution in [3.8, 4) is 0 Å². The Labute approximate surface area is 120 Å². The maximum atomic E-state index is 12.1. The van der Waals surface area contributed by atoms with Crippen LogP contribution in [0.4, 0.5) is 0 Å². The Kier molecular flexibility index (Phi) is 8.71. The van der Waals surface area contributed by atoms with Gasteiger partial charge in [-0.15, -0.1) is 12.4 Å². The van der Waals surface area contributed by atoms with Crippen LogP contribution < -0.4 is 11.1 Å². The van der Waals surface area contributed by atoms with Crippen LogP contribution in [0.2, 0.25) is 0 Å². The average Bonchev–Trinajstić information content (AvgIpc) is 2.39. The fraction of sp³-hybridized carbons (Fsp3) is 0.833. The molecule has 112 valence electrons. The highest BCUT2D eigenvalue weighted by Crippen LogP contribution is 2.09. The Morgan fingerprint density at radius 3 is 2.42 bits per heavy atom. The lowest BCUT2D eigenvalue weighted by molar-refractivity contribution is -0.137. The number of halogens is 1. The number of carbonyl (C=O) groups excluding carboxylic acids is 2. The van der Waals surface area contributed by atoms with E-state index in [0.717, 1.165) is 25.9 Å². The van der Waals surface area contributed by atoms with E-state index in [4.69, 9.17) is 10.5 Å². The van der Waals surface area contributed by atoms with Gasteiger partial charge in [0.05, 0.1) is 6.61 Å². The summed E-state index contributed by atoms with van der Waals surface area (Å²) in [5.41, 5.74) is 5.59. The molecular weight excluding hydrogens is 270 g/mol. The fourth-order valence-electron chi connectivity index (χ4n) is 2.03. The summed E-state index contributed by atoms with van der Waals surface area (Å²) in [4.78, 5) is 25.5. The van der Waals surface area contributed by atoms with E-state index in [1.807, 2.05) is 0 Å². The second-order valence-electron chi connectivity index (χ2n) is 4.68. The van der Waals surface area contributed by atoms with E-state index in [0.29, 0.717) is 0 Å². The van der Waals surface area contributed by atoms with Gasteiger partial charge in [0.15, 0.2) is 0 Å². The molecule has 1 saturated heterocycles. The molecule has 1 fully saturated rings. The number of amides is 2. The lowest BCUT2D eigenvalue weighted by atomic mass is 10.1. The number of piperidine rings is 1. The van der Waals surface area contributed by atoms with Gasteiger partial charge in [-0.05, 0) is 26.2 Å². The molecule has 0 aromatic rings. The van der Waals surface area contributed by atoms with Crippen LogP contribution in [-0.2, 0) is 14.3 Å². The van der Waals surface area contributed by atoms with E-state index in [1.54, 1.807) is 11.8 Å². The van der Waals surface area contributed by atoms with Crippen molar-refractivity contribution < 1.29 is 14.3 Å². The van der Waals surface area contributed by atoms with Crippen molar-refractivity contribution in [1.82, 2.24) is 10.2 Å². The second kappa shape index (κ2) is 9.12. The molecule has 1 heterocycles.